The summed E-state index contributed by atoms with van der Waals surface area (Å²) in [5, 5.41) is 11.4. The number of rotatable bonds is 0. The molecule has 1 unspecified atom stereocenters. The highest BCUT2D eigenvalue weighted by Gasteiger charge is 2.17. The molecule has 0 aromatic carbocycles. The van der Waals surface area contributed by atoms with Crippen LogP contribution in [0.25, 0.3) is 0 Å². The summed E-state index contributed by atoms with van der Waals surface area (Å²) in [5.74, 6) is 0.865. The average Bonchev–Trinajstić information content (AvgIpc) is 2.33. The normalized spacial score (nSPS) is 24.3. The van der Waals surface area contributed by atoms with Crippen molar-refractivity contribution in [1.82, 2.24) is 0 Å². The molecule has 1 N–H and O–H groups in total. The Labute approximate surface area is 68.1 Å². The third-order valence-electron chi connectivity index (χ3n) is 1.56. The van der Waals surface area contributed by atoms with Gasteiger partial charge in [0, 0.05) is 21.9 Å². The minimum Gasteiger partial charge on any atom is -0.392 e. The molecule has 1 aromatic heterocycles. The lowest BCUT2D eigenvalue weighted by molar-refractivity contribution is 0.198. The molecule has 0 spiro atoms. The van der Waals surface area contributed by atoms with E-state index in [1.807, 2.05) is 0 Å². The summed E-state index contributed by atoms with van der Waals surface area (Å²) < 4.78 is 0. The Morgan fingerprint density at radius 3 is 3.40 bits per heavy atom. The molecule has 3 heteroatoms. The highest BCUT2D eigenvalue weighted by Crippen LogP contribution is 2.33. The number of hydrogen-bond donors (Lipinski definition) is 1. The van der Waals surface area contributed by atoms with Crippen LogP contribution in [0.1, 0.15) is 4.88 Å². The van der Waals surface area contributed by atoms with Gasteiger partial charge in [0.2, 0.25) is 0 Å². The van der Waals surface area contributed by atoms with E-state index >= 15 is 0 Å². The van der Waals surface area contributed by atoms with Crippen molar-refractivity contribution in [3.63, 3.8) is 0 Å². The van der Waals surface area contributed by atoms with Crippen molar-refractivity contribution in [3.8, 4) is 0 Å². The van der Waals surface area contributed by atoms with E-state index in [0.29, 0.717) is 0 Å². The monoisotopic (exact) mass is 172 g/mol. The van der Waals surface area contributed by atoms with E-state index in [9.17, 15) is 5.11 Å². The van der Waals surface area contributed by atoms with Gasteiger partial charge in [-0.05, 0) is 11.4 Å². The third kappa shape index (κ3) is 1.09. The highest BCUT2D eigenvalue weighted by molar-refractivity contribution is 7.99. The van der Waals surface area contributed by atoms with Gasteiger partial charge in [-0.2, -0.15) is 0 Å². The van der Waals surface area contributed by atoms with Crippen molar-refractivity contribution in [2.24, 2.45) is 0 Å². The molecule has 1 nitrogen and oxygen atoms in total. The number of thioether (sulfide) groups is 1. The first-order chi connectivity index (χ1) is 4.86. The highest BCUT2D eigenvalue weighted by atomic mass is 32.2. The minimum absolute atomic E-state index is 0.115. The maximum absolute atomic E-state index is 9.26. The van der Waals surface area contributed by atoms with Crippen molar-refractivity contribution in [2.45, 2.75) is 17.4 Å². The van der Waals surface area contributed by atoms with E-state index in [-0.39, 0.29) is 6.10 Å². The number of hydrogen-bond acceptors (Lipinski definition) is 3. The Balaban J connectivity index is 2.30. The molecule has 1 aliphatic heterocycles. The Hall–Kier alpha value is 0.01000. The first-order valence-electron chi connectivity index (χ1n) is 3.23. The van der Waals surface area contributed by atoms with Crippen LogP contribution in [0.3, 0.4) is 0 Å². The molecular weight excluding hydrogens is 164 g/mol. The summed E-state index contributed by atoms with van der Waals surface area (Å²) in [7, 11) is 0. The van der Waals surface area contributed by atoms with Crippen LogP contribution < -0.4 is 0 Å². The summed E-state index contributed by atoms with van der Waals surface area (Å²) in [4.78, 5) is 2.72. The first kappa shape index (κ1) is 6.70. The second kappa shape index (κ2) is 2.57. The maximum atomic E-state index is 9.26. The molecule has 0 saturated heterocycles. The van der Waals surface area contributed by atoms with Crippen LogP contribution in [0.2, 0.25) is 0 Å². The zero-order valence-corrected chi connectivity index (χ0v) is 7.04. The Morgan fingerprint density at radius 2 is 2.50 bits per heavy atom. The van der Waals surface area contributed by atoms with Crippen LogP contribution in [0.15, 0.2) is 16.3 Å². The number of fused-ring (bicyclic) bond motifs is 1. The van der Waals surface area contributed by atoms with E-state index in [2.05, 4.69) is 11.4 Å². The molecule has 54 valence electrons. The van der Waals surface area contributed by atoms with Crippen LogP contribution in [0, 0.1) is 0 Å². The summed E-state index contributed by atoms with van der Waals surface area (Å²) in [5.41, 5.74) is 0. The standard InChI is InChI=1S/C7H8OS2/c8-5-3-7-6(10-4-5)1-2-9-7/h1-2,5,8H,3-4H2. The zero-order valence-electron chi connectivity index (χ0n) is 5.41. The fourth-order valence-electron chi connectivity index (χ4n) is 1.07. The molecule has 1 aliphatic rings. The van der Waals surface area contributed by atoms with Crippen molar-refractivity contribution in [2.75, 3.05) is 5.75 Å². The van der Waals surface area contributed by atoms with Gasteiger partial charge < -0.3 is 5.11 Å². The van der Waals surface area contributed by atoms with Gasteiger partial charge in [-0.15, -0.1) is 23.1 Å². The Bertz CT molecular complexity index is 231. The molecule has 2 heterocycles. The fraction of sp³-hybridized carbons (Fsp3) is 0.429. The third-order valence-corrected chi connectivity index (χ3v) is 3.87. The smallest absolute Gasteiger partial charge is 0.0682 e. The quantitative estimate of drug-likeness (QED) is 0.643. The molecule has 0 radical (unpaired) electrons. The Kier molecular flexibility index (Phi) is 1.72. The van der Waals surface area contributed by atoms with Crippen LogP contribution in [-0.2, 0) is 6.42 Å². The van der Waals surface area contributed by atoms with Crippen molar-refractivity contribution >= 4 is 23.1 Å². The van der Waals surface area contributed by atoms with E-state index in [1.165, 1.54) is 9.77 Å². The molecule has 0 fully saturated rings. The number of thiophene rings is 1. The summed E-state index contributed by atoms with van der Waals surface area (Å²) >= 11 is 3.51. The van der Waals surface area contributed by atoms with E-state index in [4.69, 9.17) is 0 Å². The summed E-state index contributed by atoms with van der Waals surface area (Å²) in [6.07, 6.45) is 0.746. The predicted molar refractivity (Wildman–Crippen MR) is 44.8 cm³/mol. The fourth-order valence-corrected chi connectivity index (χ4v) is 3.21. The van der Waals surface area contributed by atoms with Gasteiger partial charge in [0.25, 0.3) is 0 Å². The van der Waals surface area contributed by atoms with Crippen molar-refractivity contribution < 1.29 is 5.11 Å². The first-order valence-corrected chi connectivity index (χ1v) is 5.10. The van der Waals surface area contributed by atoms with Crippen molar-refractivity contribution in [1.29, 1.82) is 0 Å². The molecule has 1 aromatic rings. The van der Waals surface area contributed by atoms with E-state index < -0.39 is 0 Å². The SMILES string of the molecule is OC1CSc2ccsc2C1. The molecule has 10 heavy (non-hydrogen) atoms. The molecule has 1 atom stereocenters. The number of aliphatic hydroxyl groups excluding tert-OH is 1. The van der Waals surface area contributed by atoms with Gasteiger partial charge in [-0.25, -0.2) is 0 Å². The lowest BCUT2D eigenvalue weighted by atomic mass is 10.2. The molecule has 0 amide bonds. The van der Waals surface area contributed by atoms with E-state index in [0.717, 1.165) is 12.2 Å². The predicted octanol–water partition coefficient (Wildman–Crippen LogP) is 1.76. The molecule has 0 aliphatic carbocycles. The van der Waals surface area contributed by atoms with Gasteiger partial charge in [0.1, 0.15) is 0 Å². The summed E-state index contributed by atoms with van der Waals surface area (Å²) in [6, 6.07) is 2.14. The van der Waals surface area contributed by atoms with Crippen LogP contribution >= 0.6 is 23.1 Å². The van der Waals surface area contributed by atoms with Gasteiger partial charge in [-0.1, -0.05) is 0 Å². The van der Waals surface area contributed by atoms with Gasteiger partial charge in [0.15, 0.2) is 0 Å². The molecular formula is C7H8OS2. The second-order valence-corrected chi connectivity index (χ2v) is 4.44. The van der Waals surface area contributed by atoms with Crippen LogP contribution in [-0.4, -0.2) is 17.0 Å². The molecule has 0 bridgehead atoms. The van der Waals surface area contributed by atoms with Gasteiger partial charge in [0.05, 0.1) is 6.10 Å². The van der Waals surface area contributed by atoms with Crippen molar-refractivity contribution in [3.05, 3.63) is 16.3 Å². The minimum atomic E-state index is -0.115. The van der Waals surface area contributed by atoms with Gasteiger partial charge >= 0.3 is 0 Å². The molecule has 2 rings (SSSR count). The van der Waals surface area contributed by atoms with Crippen LogP contribution in [0.5, 0.6) is 0 Å². The van der Waals surface area contributed by atoms with E-state index in [1.54, 1.807) is 23.1 Å². The zero-order chi connectivity index (χ0) is 6.97. The molecule has 0 saturated carbocycles. The largest absolute Gasteiger partial charge is 0.392 e. The summed E-state index contributed by atoms with van der Waals surface area (Å²) in [6.45, 7) is 0. The Morgan fingerprint density at radius 1 is 1.60 bits per heavy atom. The lowest BCUT2D eigenvalue weighted by Gasteiger charge is -2.15. The van der Waals surface area contributed by atoms with Gasteiger partial charge in [-0.3, -0.25) is 0 Å². The van der Waals surface area contributed by atoms with Crippen LogP contribution in [0.4, 0.5) is 0 Å². The maximum Gasteiger partial charge on any atom is 0.0682 e. The topological polar surface area (TPSA) is 20.2 Å². The number of aliphatic hydroxyl groups is 1. The second-order valence-electron chi connectivity index (χ2n) is 2.38. The average molecular weight is 172 g/mol. The lowest BCUT2D eigenvalue weighted by Crippen LogP contribution is -2.16.